The van der Waals surface area contributed by atoms with Crippen LogP contribution in [0.1, 0.15) is 36.8 Å². The van der Waals surface area contributed by atoms with E-state index >= 15 is 0 Å². The Morgan fingerprint density at radius 3 is 2.64 bits per heavy atom. The minimum Gasteiger partial charge on any atom is -0.302 e. The molecule has 5 heteroatoms. The average Bonchev–Trinajstić information content (AvgIpc) is 3.35. The smallest absolute Gasteiger partial charge is 0.229 e. The fourth-order valence-electron chi connectivity index (χ4n) is 3.73. The second-order valence-electron chi connectivity index (χ2n) is 7.39. The highest BCUT2D eigenvalue weighted by Crippen LogP contribution is 2.32. The summed E-state index contributed by atoms with van der Waals surface area (Å²) in [6, 6.07) is 7.19. The van der Waals surface area contributed by atoms with Crippen molar-refractivity contribution in [1.82, 2.24) is 9.88 Å². The Morgan fingerprint density at radius 2 is 1.96 bits per heavy atom. The summed E-state index contributed by atoms with van der Waals surface area (Å²) in [7, 11) is 0. The molecule has 132 valence electrons. The van der Waals surface area contributed by atoms with Gasteiger partial charge in [0.25, 0.3) is 0 Å². The third-order valence-electron chi connectivity index (χ3n) is 5.36. The van der Waals surface area contributed by atoms with E-state index in [-0.39, 0.29) is 11.8 Å². The van der Waals surface area contributed by atoms with E-state index in [1.54, 1.807) is 0 Å². The average molecular weight is 356 g/mol. The highest BCUT2D eigenvalue weighted by Gasteiger charge is 2.33. The van der Waals surface area contributed by atoms with Gasteiger partial charge in [-0.3, -0.25) is 4.79 Å². The Kier molecular flexibility index (Phi) is 4.61. The molecule has 25 heavy (non-hydrogen) atoms. The lowest BCUT2D eigenvalue weighted by Crippen LogP contribution is -2.39. The summed E-state index contributed by atoms with van der Waals surface area (Å²) in [6.07, 6.45) is 4.63. The predicted octanol–water partition coefficient (Wildman–Crippen LogP) is 4.24. The number of aryl methyl sites for hydroxylation is 2. The van der Waals surface area contributed by atoms with Gasteiger partial charge < -0.3 is 10.2 Å². The number of amides is 1. The fraction of sp³-hybridized carbons (Fsp3) is 0.500. The van der Waals surface area contributed by atoms with Crippen LogP contribution in [0.15, 0.2) is 23.6 Å². The maximum Gasteiger partial charge on any atom is 0.229 e. The van der Waals surface area contributed by atoms with Crippen molar-refractivity contribution < 1.29 is 4.79 Å². The molecule has 0 atom stereocenters. The SMILES string of the molecule is Cc1ccc(-c2csc(NC(=O)C3CCN(C4CC4)CC3)n2)c(C)c1. The van der Waals surface area contributed by atoms with Gasteiger partial charge in [0.2, 0.25) is 5.91 Å². The number of anilines is 1. The van der Waals surface area contributed by atoms with Gasteiger partial charge in [-0.1, -0.05) is 23.8 Å². The molecule has 1 aliphatic heterocycles. The molecule has 4 nitrogen and oxygen atoms in total. The van der Waals surface area contributed by atoms with Crippen LogP contribution in [0.25, 0.3) is 11.3 Å². The number of nitrogens with one attached hydrogen (secondary N) is 1. The molecule has 4 rings (SSSR count). The standard InChI is InChI=1S/C20H25N3OS/c1-13-3-6-17(14(2)11-13)18-12-25-20(21-18)22-19(24)15-7-9-23(10-8-15)16-4-5-16/h3,6,11-12,15-16H,4-5,7-10H2,1-2H3,(H,21,22,24). The second kappa shape index (κ2) is 6.89. The summed E-state index contributed by atoms with van der Waals surface area (Å²) >= 11 is 1.51. The number of likely N-dealkylation sites (tertiary alicyclic amines) is 1. The molecule has 0 bridgehead atoms. The van der Waals surface area contributed by atoms with Crippen molar-refractivity contribution in [3.63, 3.8) is 0 Å². The van der Waals surface area contributed by atoms with Crippen molar-refractivity contribution in [3.8, 4) is 11.3 Å². The minimum absolute atomic E-state index is 0.128. The molecule has 1 saturated heterocycles. The summed E-state index contributed by atoms with van der Waals surface area (Å²) in [5, 5.41) is 5.79. The molecular formula is C20H25N3OS. The first-order chi connectivity index (χ1) is 12.1. The van der Waals surface area contributed by atoms with Crippen LogP contribution in [0.2, 0.25) is 0 Å². The van der Waals surface area contributed by atoms with Gasteiger partial charge >= 0.3 is 0 Å². The van der Waals surface area contributed by atoms with Crippen molar-refractivity contribution in [2.24, 2.45) is 5.92 Å². The first-order valence-electron chi connectivity index (χ1n) is 9.18. The Labute approximate surface area is 153 Å². The maximum absolute atomic E-state index is 12.6. The summed E-state index contributed by atoms with van der Waals surface area (Å²) in [4.78, 5) is 19.7. The first kappa shape index (κ1) is 16.7. The third kappa shape index (κ3) is 3.77. The Hall–Kier alpha value is -1.72. The van der Waals surface area contributed by atoms with E-state index in [0.717, 1.165) is 43.2 Å². The number of aromatic nitrogens is 1. The number of rotatable bonds is 4. The summed E-state index contributed by atoms with van der Waals surface area (Å²) in [5.41, 5.74) is 4.56. The molecule has 1 amide bonds. The van der Waals surface area contributed by atoms with Crippen molar-refractivity contribution in [2.45, 2.75) is 45.6 Å². The Bertz CT molecular complexity index is 773. The van der Waals surface area contributed by atoms with Crippen LogP contribution in [0, 0.1) is 19.8 Å². The number of thiazole rings is 1. The number of nitrogens with zero attached hydrogens (tertiary/aromatic N) is 2. The molecule has 2 aliphatic rings. The Morgan fingerprint density at radius 1 is 1.20 bits per heavy atom. The van der Waals surface area contributed by atoms with Crippen LogP contribution in [-0.4, -0.2) is 34.9 Å². The molecule has 2 fully saturated rings. The second-order valence-corrected chi connectivity index (χ2v) is 8.25. The van der Waals surface area contributed by atoms with Gasteiger partial charge in [-0.15, -0.1) is 11.3 Å². The van der Waals surface area contributed by atoms with Crippen LogP contribution < -0.4 is 5.32 Å². The summed E-state index contributed by atoms with van der Waals surface area (Å²) in [5.74, 6) is 0.264. The van der Waals surface area contributed by atoms with Crippen molar-refractivity contribution in [1.29, 1.82) is 0 Å². The maximum atomic E-state index is 12.6. The molecular weight excluding hydrogens is 330 g/mol. The van der Waals surface area contributed by atoms with E-state index in [4.69, 9.17) is 0 Å². The van der Waals surface area contributed by atoms with Crippen molar-refractivity contribution in [2.75, 3.05) is 18.4 Å². The van der Waals surface area contributed by atoms with Crippen LogP contribution in [0.3, 0.4) is 0 Å². The predicted molar refractivity (Wildman–Crippen MR) is 103 cm³/mol. The molecule has 2 aromatic rings. The highest BCUT2D eigenvalue weighted by molar-refractivity contribution is 7.14. The van der Waals surface area contributed by atoms with Gasteiger partial charge in [0, 0.05) is 22.9 Å². The van der Waals surface area contributed by atoms with E-state index in [1.165, 1.54) is 35.3 Å². The lowest BCUT2D eigenvalue weighted by Gasteiger charge is -2.31. The summed E-state index contributed by atoms with van der Waals surface area (Å²) < 4.78 is 0. The third-order valence-corrected chi connectivity index (χ3v) is 6.11. The quantitative estimate of drug-likeness (QED) is 0.892. The topological polar surface area (TPSA) is 45.2 Å². The molecule has 1 saturated carbocycles. The van der Waals surface area contributed by atoms with Crippen LogP contribution in [0.5, 0.6) is 0 Å². The van der Waals surface area contributed by atoms with Crippen LogP contribution in [0.4, 0.5) is 5.13 Å². The molecule has 0 spiro atoms. The minimum atomic E-state index is 0.128. The lowest BCUT2D eigenvalue weighted by atomic mass is 9.96. The molecule has 2 heterocycles. The monoisotopic (exact) mass is 355 g/mol. The zero-order valence-electron chi connectivity index (χ0n) is 14.9. The molecule has 1 aliphatic carbocycles. The van der Waals surface area contributed by atoms with Crippen molar-refractivity contribution in [3.05, 3.63) is 34.7 Å². The number of benzene rings is 1. The lowest BCUT2D eigenvalue weighted by molar-refractivity contribution is -0.121. The van der Waals surface area contributed by atoms with Gasteiger partial charge in [-0.25, -0.2) is 4.98 Å². The van der Waals surface area contributed by atoms with Crippen molar-refractivity contribution >= 4 is 22.4 Å². The number of carbonyl (C=O) groups excluding carboxylic acids is 1. The number of piperidine rings is 1. The van der Waals surface area contributed by atoms with Crippen LogP contribution >= 0.6 is 11.3 Å². The van der Waals surface area contributed by atoms with E-state index in [0.29, 0.717) is 5.13 Å². The van der Waals surface area contributed by atoms with Gasteiger partial charge in [-0.2, -0.15) is 0 Å². The largest absolute Gasteiger partial charge is 0.302 e. The van der Waals surface area contributed by atoms with E-state index in [1.807, 2.05) is 5.38 Å². The van der Waals surface area contributed by atoms with E-state index < -0.39 is 0 Å². The van der Waals surface area contributed by atoms with E-state index in [2.05, 4.69) is 47.2 Å². The van der Waals surface area contributed by atoms with Gasteiger partial charge in [0.1, 0.15) is 0 Å². The fourth-order valence-corrected chi connectivity index (χ4v) is 4.44. The zero-order chi connectivity index (χ0) is 17.4. The normalized spacial score (nSPS) is 19.1. The summed E-state index contributed by atoms with van der Waals surface area (Å²) in [6.45, 7) is 6.33. The molecule has 1 aromatic heterocycles. The van der Waals surface area contributed by atoms with Gasteiger partial charge in [-0.05, 0) is 58.2 Å². The Balaban J connectivity index is 1.38. The molecule has 0 radical (unpaired) electrons. The molecule has 0 unspecified atom stereocenters. The number of hydrogen-bond acceptors (Lipinski definition) is 4. The number of hydrogen-bond donors (Lipinski definition) is 1. The zero-order valence-corrected chi connectivity index (χ0v) is 15.7. The van der Waals surface area contributed by atoms with E-state index in [9.17, 15) is 4.79 Å². The molecule has 1 N–H and O–H groups in total. The van der Waals surface area contributed by atoms with Crippen LogP contribution in [-0.2, 0) is 4.79 Å². The number of carbonyl (C=O) groups is 1. The van der Waals surface area contributed by atoms with Gasteiger partial charge in [0.05, 0.1) is 5.69 Å². The highest BCUT2D eigenvalue weighted by atomic mass is 32.1. The molecule has 1 aromatic carbocycles. The first-order valence-corrected chi connectivity index (χ1v) is 10.1. The van der Waals surface area contributed by atoms with Gasteiger partial charge in [0.15, 0.2) is 5.13 Å².